The molecule has 37 heavy (non-hydrogen) atoms. The molecular weight excluding hydrogens is 513 g/mol. The average molecular weight is 530 g/mol. The van der Waals surface area contributed by atoms with Crippen LogP contribution in [0.15, 0.2) is 72.1 Å². The minimum Gasteiger partial charge on any atom is -0.465 e. The van der Waals surface area contributed by atoms with Crippen LogP contribution in [-0.4, -0.2) is 50.3 Å². The number of carbonyl (C=O) groups excluding carboxylic acids is 2. The maximum atomic E-state index is 13.1. The lowest BCUT2D eigenvalue weighted by atomic mass is 10.2. The van der Waals surface area contributed by atoms with Crippen molar-refractivity contribution in [1.82, 2.24) is 25.0 Å². The molecule has 2 aromatic heterocycles. The van der Waals surface area contributed by atoms with Crippen LogP contribution in [0, 0.1) is 0 Å². The maximum Gasteiger partial charge on any atom is 0.573 e. The number of thioether (sulfide) groups is 1. The van der Waals surface area contributed by atoms with Crippen molar-refractivity contribution in [1.29, 1.82) is 0 Å². The number of amides is 1. The summed E-state index contributed by atoms with van der Waals surface area (Å²) >= 11 is 1.22. The summed E-state index contributed by atoms with van der Waals surface area (Å²) in [5.74, 6) is -1.34. The van der Waals surface area contributed by atoms with Crippen LogP contribution < -0.4 is 10.1 Å². The van der Waals surface area contributed by atoms with Crippen LogP contribution >= 0.6 is 11.8 Å². The summed E-state index contributed by atoms with van der Waals surface area (Å²) < 4.78 is 47.4. The Bertz CT molecular complexity index is 1380. The van der Waals surface area contributed by atoms with Crippen LogP contribution in [0.4, 0.5) is 18.9 Å². The predicted molar refractivity (Wildman–Crippen MR) is 125 cm³/mol. The smallest absolute Gasteiger partial charge is 0.465 e. The van der Waals surface area contributed by atoms with Crippen LogP contribution in [0.3, 0.4) is 0 Å². The van der Waals surface area contributed by atoms with E-state index in [9.17, 15) is 22.8 Å². The number of carbonyl (C=O) groups is 2. The summed E-state index contributed by atoms with van der Waals surface area (Å²) in [6.45, 7) is 0. The largest absolute Gasteiger partial charge is 0.573 e. The van der Waals surface area contributed by atoms with E-state index in [1.165, 1.54) is 60.0 Å². The first kappa shape index (κ1) is 25.6. The molecule has 10 nitrogen and oxygen atoms in total. The number of hydrogen-bond donors (Lipinski definition) is 1. The van der Waals surface area contributed by atoms with Crippen LogP contribution in [0.1, 0.15) is 26.5 Å². The number of esters is 1. The molecule has 2 aromatic carbocycles. The highest BCUT2D eigenvalue weighted by molar-refractivity contribution is 7.98. The number of halogens is 3. The fourth-order valence-corrected chi connectivity index (χ4v) is 3.89. The Morgan fingerprint density at radius 1 is 1.03 bits per heavy atom. The molecule has 1 amide bonds. The summed E-state index contributed by atoms with van der Waals surface area (Å²) in [7, 11) is 1.26. The summed E-state index contributed by atoms with van der Waals surface area (Å²) in [4.78, 5) is 33.0. The fourth-order valence-electron chi connectivity index (χ4n) is 3.09. The Hall–Kier alpha value is -4.46. The van der Waals surface area contributed by atoms with E-state index in [1.807, 2.05) is 0 Å². The molecule has 4 rings (SSSR count). The Morgan fingerprint density at radius 2 is 1.70 bits per heavy atom. The van der Waals surface area contributed by atoms with Crippen molar-refractivity contribution in [3.05, 3.63) is 83.9 Å². The maximum absolute atomic E-state index is 13.1. The first-order valence-corrected chi connectivity index (χ1v) is 11.4. The highest BCUT2D eigenvalue weighted by Gasteiger charge is 2.31. The van der Waals surface area contributed by atoms with Gasteiger partial charge in [0.25, 0.3) is 5.91 Å². The second kappa shape index (κ2) is 11.1. The van der Waals surface area contributed by atoms with Crippen LogP contribution in [0.2, 0.25) is 0 Å². The zero-order chi connectivity index (χ0) is 26.4. The van der Waals surface area contributed by atoms with Crippen molar-refractivity contribution in [3.8, 4) is 11.4 Å². The standard InChI is InChI=1S/C23H17F3N6O4S/c1-35-21(34)14-3-5-15(6-4-14)29-20(33)19-18(13-37-22-27-11-2-12-28-22)32(31-30-19)16-7-9-17(10-8-16)36-23(24,25)26/h2-12H,13H2,1H3,(H,29,33). The van der Waals surface area contributed by atoms with Crippen LogP contribution in [0.25, 0.3) is 5.69 Å². The van der Waals surface area contributed by atoms with Gasteiger partial charge in [-0.1, -0.05) is 17.0 Å². The summed E-state index contributed by atoms with van der Waals surface area (Å²) in [5, 5.41) is 11.2. The topological polar surface area (TPSA) is 121 Å². The van der Waals surface area contributed by atoms with Gasteiger partial charge in [0.15, 0.2) is 10.9 Å². The third kappa shape index (κ3) is 6.61. The zero-order valence-electron chi connectivity index (χ0n) is 19.0. The van der Waals surface area contributed by atoms with Gasteiger partial charge in [-0.15, -0.1) is 18.3 Å². The minimum absolute atomic E-state index is 0.0175. The first-order valence-electron chi connectivity index (χ1n) is 10.4. The van der Waals surface area contributed by atoms with Gasteiger partial charge in [-0.2, -0.15) is 0 Å². The van der Waals surface area contributed by atoms with Gasteiger partial charge in [0.05, 0.1) is 24.1 Å². The highest BCUT2D eigenvalue weighted by atomic mass is 32.2. The Labute approximate surface area is 211 Å². The van der Waals surface area contributed by atoms with Crippen molar-refractivity contribution in [2.45, 2.75) is 17.3 Å². The van der Waals surface area contributed by atoms with Gasteiger partial charge in [-0.3, -0.25) is 4.79 Å². The molecule has 0 spiro atoms. The number of aromatic nitrogens is 5. The molecule has 2 heterocycles. The van der Waals surface area contributed by atoms with Gasteiger partial charge in [-0.05, 0) is 54.6 Å². The van der Waals surface area contributed by atoms with Crippen LogP contribution in [-0.2, 0) is 10.5 Å². The minimum atomic E-state index is -4.83. The number of nitrogens with zero attached hydrogens (tertiary/aromatic N) is 5. The number of anilines is 1. The van der Waals surface area contributed by atoms with E-state index in [2.05, 4.69) is 35.1 Å². The SMILES string of the molecule is COC(=O)c1ccc(NC(=O)c2nnn(-c3ccc(OC(F)(F)F)cc3)c2CSc2ncccn2)cc1. The normalized spacial score (nSPS) is 11.1. The highest BCUT2D eigenvalue weighted by Crippen LogP contribution is 2.26. The molecule has 14 heteroatoms. The number of nitrogens with one attached hydrogen (secondary N) is 1. The van der Waals surface area contributed by atoms with E-state index < -0.39 is 24.0 Å². The summed E-state index contributed by atoms with van der Waals surface area (Å²) in [5.41, 5.74) is 1.39. The molecule has 0 radical (unpaired) electrons. The van der Waals surface area contributed by atoms with E-state index in [1.54, 1.807) is 18.5 Å². The predicted octanol–water partition coefficient (Wildman–Crippen LogP) is 4.29. The van der Waals surface area contributed by atoms with E-state index in [-0.39, 0.29) is 11.4 Å². The number of ether oxygens (including phenoxy) is 2. The molecule has 0 fully saturated rings. The lowest BCUT2D eigenvalue weighted by Gasteiger charge is -2.11. The van der Waals surface area contributed by atoms with Gasteiger partial charge < -0.3 is 14.8 Å². The molecule has 0 atom stereocenters. The van der Waals surface area contributed by atoms with E-state index >= 15 is 0 Å². The first-order chi connectivity index (χ1) is 17.7. The lowest BCUT2D eigenvalue weighted by molar-refractivity contribution is -0.274. The monoisotopic (exact) mass is 530 g/mol. The quantitative estimate of drug-likeness (QED) is 0.202. The van der Waals surface area contributed by atoms with Crippen molar-refractivity contribution < 1.29 is 32.2 Å². The number of alkyl halides is 3. The molecule has 0 aliphatic carbocycles. The van der Waals surface area contributed by atoms with Gasteiger partial charge in [0.1, 0.15) is 5.75 Å². The lowest BCUT2D eigenvalue weighted by Crippen LogP contribution is -2.17. The average Bonchev–Trinajstić information content (AvgIpc) is 3.31. The third-order valence-electron chi connectivity index (χ3n) is 4.74. The summed E-state index contributed by atoms with van der Waals surface area (Å²) in [6, 6.07) is 12.7. The Morgan fingerprint density at radius 3 is 2.32 bits per heavy atom. The summed E-state index contributed by atoms with van der Waals surface area (Å²) in [6.07, 6.45) is -1.70. The number of methoxy groups -OCH3 is 1. The molecule has 190 valence electrons. The second-order valence-electron chi connectivity index (χ2n) is 7.18. The van der Waals surface area contributed by atoms with Crippen molar-refractivity contribution >= 4 is 29.3 Å². The van der Waals surface area contributed by atoms with Gasteiger partial charge in [0, 0.05) is 23.8 Å². The van der Waals surface area contributed by atoms with Gasteiger partial charge in [-0.25, -0.2) is 19.4 Å². The van der Waals surface area contributed by atoms with Gasteiger partial charge >= 0.3 is 12.3 Å². The number of rotatable bonds is 8. The van der Waals surface area contributed by atoms with Gasteiger partial charge in [0.2, 0.25) is 0 Å². The van der Waals surface area contributed by atoms with Crippen molar-refractivity contribution in [3.63, 3.8) is 0 Å². The molecule has 0 saturated carbocycles. The number of hydrogen-bond acceptors (Lipinski definition) is 9. The van der Waals surface area contributed by atoms with E-state index in [0.717, 1.165) is 12.1 Å². The van der Waals surface area contributed by atoms with Crippen molar-refractivity contribution in [2.75, 3.05) is 12.4 Å². The second-order valence-corrected chi connectivity index (χ2v) is 8.12. The number of benzene rings is 2. The molecule has 1 N–H and O–H groups in total. The molecule has 4 aromatic rings. The fraction of sp³-hybridized carbons (Fsp3) is 0.130. The molecule has 0 aliphatic heterocycles. The van der Waals surface area contributed by atoms with E-state index in [0.29, 0.717) is 27.8 Å². The molecule has 0 bridgehead atoms. The van der Waals surface area contributed by atoms with E-state index in [4.69, 9.17) is 0 Å². The molecule has 0 aliphatic rings. The molecule has 0 unspecified atom stereocenters. The van der Waals surface area contributed by atoms with Crippen LogP contribution in [0.5, 0.6) is 5.75 Å². The molecule has 0 saturated heterocycles. The van der Waals surface area contributed by atoms with Crippen molar-refractivity contribution in [2.24, 2.45) is 0 Å². The Balaban J connectivity index is 1.61. The molecular formula is C23H17F3N6O4S. The zero-order valence-corrected chi connectivity index (χ0v) is 19.8. The third-order valence-corrected chi connectivity index (χ3v) is 5.62. The Kier molecular flexibility index (Phi) is 7.67.